The van der Waals surface area contributed by atoms with Gasteiger partial charge in [0.1, 0.15) is 0 Å². The number of ether oxygens (including phenoxy) is 1. The average molecular weight is 299 g/mol. The van der Waals surface area contributed by atoms with E-state index in [2.05, 4.69) is 15.2 Å². The zero-order chi connectivity index (χ0) is 15.5. The van der Waals surface area contributed by atoms with Crippen LogP contribution in [0.25, 0.3) is 0 Å². The summed E-state index contributed by atoms with van der Waals surface area (Å²) in [6, 6.07) is 3.44. The van der Waals surface area contributed by atoms with Crippen LogP contribution in [0.4, 0.5) is 0 Å². The summed E-state index contributed by atoms with van der Waals surface area (Å²) in [5, 5.41) is 7.93. The molecule has 2 heterocycles. The van der Waals surface area contributed by atoms with Gasteiger partial charge in [0, 0.05) is 18.2 Å². The van der Waals surface area contributed by atoms with Gasteiger partial charge < -0.3 is 4.74 Å². The van der Waals surface area contributed by atoms with Gasteiger partial charge in [0.25, 0.3) is 5.91 Å². The van der Waals surface area contributed by atoms with Gasteiger partial charge >= 0.3 is 5.97 Å². The van der Waals surface area contributed by atoms with Crippen LogP contribution in [0.15, 0.2) is 39.7 Å². The van der Waals surface area contributed by atoms with Crippen LogP contribution >= 0.6 is 0 Å². The largest absolute Gasteiger partial charge is 0.464 e. The van der Waals surface area contributed by atoms with Crippen LogP contribution < -0.4 is 0 Å². The molecule has 0 fully saturated rings. The smallest absolute Gasteiger partial charge is 0.356 e. The Morgan fingerprint density at radius 2 is 2.18 bits per heavy atom. The van der Waals surface area contributed by atoms with Gasteiger partial charge in [-0.1, -0.05) is 6.07 Å². The van der Waals surface area contributed by atoms with Gasteiger partial charge in [0.2, 0.25) is 0 Å². The third-order valence-electron chi connectivity index (χ3n) is 4.14. The third kappa shape index (κ3) is 2.68. The molecule has 1 aliphatic carbocycles. The van der Waals surface area contributed by atoms with Crippen molar-refractivity contribution in [1.82, 2.24) is 4.98 Å². The van der Waals surface area contributed by atoms with Crippen molar-refractivity contribution in [3.8, 4) is 0 Å². The average Bonchev–Trinajstić information content (AvgIpc) is 2.57. The molecule has 1 aliphatic heterocycles. The van der Waals surface area contributed by atoms with E-state index in [1.54, 1.807) is 12.3 Å². The van der Waals surface area contributed by atoms with Crippen molar-refractivity contribution in [2.45, 2.75) is 38.1 Å². The van der Waals surface area contributed by atoms with E-state index in [1.165, 1.54) is 7.11 Å². The molecule has 0 saturated heterocycles. The highest BCUT2D eigenvalue weighted by Crippen LogP contribution is 2.33. The van der Waals surface area contributed by atoms with Crippen LogP contribution in [0.1, 0.15) is 41.7 Å². The number of pyridine rings is 1. The van der Waals surface area contributed by atoms with Crippen molar-refractivity contribution < 1.29 is 14.3 Å². The second-order valence-electron chi connectivity index (χ2n) is 5.45. The number of nitrogens with zero attached hydrogens (tertiary/aromatic N) is 3. The minimum Gasteiger partial charge on any atom is -0.464 e. The molecule has 1 aromatic rings. The van der Waals surface area contributed by atoms with Gasteiger partial charge in [-0.25, -0.2) is 9.78 Å². The zero-order valence-corrected chi connectivity index (χ0v) is 12.4. The molecule has 0 saturated carbocycles. The number of carbonyl (C=O) groups is 2. The van der Waals surface area contributed by atoms with Gasteiger partial charge in [-0.05, 0) is 42.9 Å². The predicted octanol–water partition coefficient (Wildman–Crippen LogP) is 2.64. The first-order valence-electron chi connectivity index (χ1n) is 7.40. The Morgan fingerprint density at radius 1 is 1.36 bits per heavy atom. The topological polar surface area (TPSA) is 81.0 Å². The van der Waals surface area contributed by atoms with E-state index in [-0.39, 0.29) is 11.9 Å². The third-order valence-corrected chi connectivity index (χ3v) is 4.14. The highest BCUT2D eigenvalue weighted by molar-refractivity contribution is 5.95. The molecule has 1 amide bonds. The van der Waals surface area contributed by atoms with E-state index in [0.717, 1.165) is 42.4 Å². The van der Waals surface area contributed by atoms with Gasteiger partial charge in [-0.3, -0.25) is 4.79 Å². The Labute approximate surface area is 128 Å². The molecule has 1 atom stereocenters. The van der Waals surface area contributed by atoms with Crippen LogP contribution in [-0.4, -0.2) is 30.0 Å². The SMILES string of the molecule is COC(=O)c1ncccc1CC1N=NC(=O)C2=C1CCCC2. The van der Waals surface area contributed by atoms with E-state index in [1.807, 2.05) is 6.07 Å². The van der Waals surface area contributed by atoms with E-state index in [0.29, 0.717) is 12.1 Å². The lowest BCUT2D eigenvalue weighted by Gasteiger charge is -2.26. The number of amides is 1. The van der Waals surface area contributed by atoms with E-state index in [4.69, 9.17) is 4.74 Å². The van der Waals surface area contributed by atoms with E-state index in [9.17, 15) is 9.59 Å². The molecule has 0 N–H and O–H groups in total. The van der Waals surface area contributed by atoms with Crippen molar-refractivity contribution >= 4 is 11.9 Å². The van der Waals surface area contributed by atoms with Crippen LogP contribution in [0.2, 0.25) is 0 Å². The molecule has 0 spiro atoms. The minimum atomic E-state index is -0.461. The molecule has 0 radical (unpaired) electrons. The molecule has 114 valence electrons. The molecule has 6 nitrogen and oxygen atoms in total. The highest BCUT2D eigenvalue weighted by Gasteiger charge is 2.30. The lowest BCUT2D eigenvalue weighted by Crippen LogP contribution is -2.24. The summed E-state index contributed by atoms with van der Waals surface area (Å²) in [7, 11) is 1.33. The van der Waals surface area contributed by atoms with E-state index < -0.39 is 5.97 Å². The Hall–Kier alpha value is -2.37. The second-order valence-corrected chi connectivity index (χ2v) is 5.45. The lowest BCUT2D eigenvalue weighted by atomic mass is 9.84. The summed E-state index contributed by atoms with van der Waals surface area (Å²) < 4.78 is 4.77. The number of aromatic nitrogens is 1. The fraction of sp³-hybridized carbons (Fsp3) is 0.438. The number of rotatable bonds is 3. The molecular formula is C16H17N3O3. The number of azo groups is 1. The minimum absolute atomic E-state index is 0.180. The Balaban J connectivity index is 1.90. The second kappa shape index (κ2) is 6.17. The molecule has 0 aromatic carbocycles. The summed E-state index contributed by atoms with van der Waals surface area (Å²) in [6.07, 6.45) is 5.81. The fourth-order valence-corrected chi connectivity index (χ4v) is 3.05. The Bertz CT molecular complexity index is 679. The van der Waals surface area contributed by atoms with Gasteiger partial charge in [0.05, 0.1) is 13.2 Å². The van der Waals surface area contributed by atoms with Crippen molar-refractivity contribution in [2.75, 3.05) is 7.11 Å². The summed E-state index contributed by atoms with van der Waals surface area (Å²) in [5.74, 6) is -0.664. The standard InChI is InChI=1S/C16H17N3O3/c1-22-16(21)14-10(5-4-8-17-14)9-13-11-6-2-3-7-12(11)15(20)19-18-13/h4-5,8,13H,2-3,6-7,9H2,1H3. The molecule has 0 bridgehead atoms. The van der Waals surface area contributed by atoms with Crippen LogP contribution in [0, 0.1) is 0 Å². The van der Waals surface area contributed by atoms with Crippen molar-refractivity contribution in [1.29, 1.82) is 0 Å². The van der Waals surface area contributed by atoms with Gasteiger partial charge in [-0.2, -0.15) is 5.11 Å². The number of hydrogen-bond acceptors (Lipinski definition) is 5. The lowest BCUT2D eigenvalue weighted by molar-refractivity contribution is -0.115. The molecule has 22 heavy (non-hydrogen) atoms. The van der Waals surface area contributed by atoms with Crippen molar-refractivity contribution in [3.63, 3.8) is 0 Å². The van der Waals surface area contributed by atoms with Crippen LogP contribution in [0.5, 0.6) is 0 Å². The highest BCUT2D eigenvalue weighted by atomic mass is 16.5. The maximum atomic E-state index is 11.8. The maximum Gasteiger partial charge on any atom is 0.356 e. The normalized spacial score (nSPS) is 20.8. The van der Waals surface area contributed by atoms with Crippen LogP contribution in [0.3, 0.4) is 0 Å². The first kappa shape index (κ1) is 14.6. The van der Waals surface area contributed by atoms with Crippen LogP contribution in [-0.2, 0) is 16.0 Å². The summed E-state index contributed by atoms with van der Waals surface area (Å²) in [5.41, 5.74) is 2.96. The molecule has 1 aromatic heterocycles. The summed E-state index contributed by atoms with van der Waals surface area (Å²) in [6.45, 7) is 0. The van der Waals surface area contributed by atoms with Crippen molar-refractivity contribution in [2.24, 2.45) is 10.2 Å². The Kier molecular flexibility index (Phi) is 4.09. The monoisotopic (exact) mass is 299 g/mol. The molecule has 1 unspecified atom stereocenters. The summed E-state index contributed by atoms with van der Waals surface area (Å²) >= 11 is 0. The van der Waals surface area contributed by atoms with Crippen molar-refractivity contribution in [3.05, 3.63) is 40.7 Å². The van der Waals surface area contributed by atoms with E-state index >= 15 is 0 Å². The molecule has 3 rings (SSSR count). The maximum absolute atomic E-state index is 11.8. The van der Waals surface area contributed by atoms with Gasteiger partial charge in [-0.15, -0.1) is 5.11 Å². The molecule has 6 heteroatoms. The van der Waals surface area contributed by atoms with Gasteiger partial charge in [0.15, 0.2) is 5.69 Å². The predicted molar refractivity (Wildman–Crippen MR) is 78.4 cm³/mol. The quantitative estimate of drug-likeness (QED) is 0.803. The zero-order valence-electron chi connectivity index (χ0n) is 12.4. The molecule has 2 aliphatic rings. The number of carbonyl (C=O) groups excluding carboxylic acids is 2. The fourth-order valence-electron chi connectivity index (χ4n) is 3.05. The summed E-state index contributed by atoms with van der Waals surface area (Å²) in [4.78, 5) is 27.8. The number of hydrogen-bond donors (Lipinski definition) is 0. The first-order valence-corrected chi connectivity index (χ1v) is 7.40. The Morgan fingerprint density at radius 3 is 3.00 bits per heavy atom. The number of esters is 1. The molecular weight excluding hydrogens is 282 g/mol. The first-order chi connectivity index (χ1) is 10.7. The number of methoxy groups -OCH3 is 1.